The zero-order valence-electron chi connectivity index (χ0n) is 11.8. The summed E-state index contributed by atoms with van der Waals surface area (Å²) in [6, 6.07) is 11.2. The molecule has 0 aliphatic rings. The molecule has 2 aromatic rings. The first-order valence-corrected chi connectivity index (χ1v) is 7.41. The molecule has 0 nitrogen and oxygen atoms in total. The lowest BCUT2D eigenvalue weighted by Gasteiger charge is -2.15. The van der Waals surface area contributed by atoms with Crippen molar-refractivity contribution in [2.45, 2.75) is 32.1 Å². The van der Waals surface area contributed by atoms with Crippen molar-refractivity contribution in [1.29, 1.82) is 0 Å². The first kappa shape index (κ1) is 15.3. The molecule has 2 aromatic carbocycles. The minimum atomic E-state index is -0.372. The average molecular weight is 311 g/mol. The van der Waals surface area contributed by atoms with E-state index in [4.69, 9.17) is 23.2 Å². The maximum absolute atomic E-state index is 13.4. The summed E-state index contributed by atoms with van der Waals surface area (Å²) in [5, 5.41) is -0.0101. The summed E-state index contributed by atoms with van der Waals surface area (Å²) in [6.07, 6.45) is 0. The van der Waals surface area contributed by atoms with Crippen molar-refractivity contribution in [2.75, 3.05) is 0 Å². The van der Waals surface area contributed by atoms with Crippen molar-refractivity contribution in [3.63, 3.8) is 0 Å². The van der Waals surface area contributed by atoms with Crippen LogP contribution in [-0.2, 0) is 0 Å². The summed E-state index contributed by atoms with van der Waals surface area (Å²) in [7, 11) is 0. The Morgan fingerprint density at radius 2 is 1.55 bits per heavy atom. The lowest BCUT2D eigenvalue weighted by molar-refractivity contribution is 0.618. The van der Waals surface area contributed by atoms with E-state index in [0.29, 0.717) is 16.5 Å². The number of rotatable bonds is 3. The number of halogens is 3. The second-order valence-corrected chi connectivity index (χ2v) is 6.15. The number of hydrogen-bond donors (Lipinski definition) is 0. The fourth-order valence-electron chi connectivity index (χ4n) is 2.10. The monoisotopic (exact) mass is 310 g/mol. The van der Waals surface area contributed by atoms with Crippen LogP contribution in [0.2, 0.25) is 5.02 Å². The Kier molecular flexibility index (Phi) is 4.72. The Bertz CT molecular complexity index is 603. The largest absolute Gasteiger partial charge is 0.207 e. The second kappa shape index (κ2) is 6.15. The van der Waals surface area contributed by atoms with Gasteiger partial charge in [0, 0.05) is 5.02 Å². The molecular weight excluding hydrogens is 294 g/mol. The van der Waals surface area contributed by atoms with Crippen LogP contribution in [-0.4, -0.2) is 0 Å². The zero-order chi connectivity index (χ0) is 14.9. The van der Waals surface area contributed by atoms with Crippen LogP contribution in [0.25, 0.3) is 0 Å². The van der Waals surface area contributed by atoms with E-state index in [2.05, 4.69) is 26.0 Å². The van der Waals surface area contributed by atoms with E-state index >= 15 is 0 Å². The van der Waals surface area contributed by atoms with Crippen LogP contribution in [0, 0.1) is 12.7 Å². The first-order chi connectivity index (χ1) is 9.40. The highest BCUT2D eigenvalue weighted by atomic mass is 35.5. The minimum Gasteiger partial charge on any atom is -0.207 e. The Morgan fingerprint density at radius 1 is 1.00 bits per heavy atom. The van der Waals surface area contributed by atoms with Crippen LogP contribution in [0.15, 0.2) is 36.4 Å². The van der Waals surface area contributed by atoms with Gasteiger partial charge >= 0.3 is 0 Å². The highest BCUT2D eigenvalue weighted by Crippen LogP contribution is 2.35. The van der Waals surface area contributed by atoms with Crippen LogP contribution in [0.5, 0.6) is 0 Å². The molecule has 1 unspecified atom stereocenters. The maximum atomic E-state index is 13.4. The molecule has 0 radical (unpaired) electrons. The van der Waals surface area contributed by atoms with Crippen LogP contribution < -0.4 is 0 Å². The predicted octanol–water partition coefficient (Wildman–Crippen LogP) is 6.24. The molecule has 0 fully saturated rings. The maximum Gasteiger partial charge on any atom is 0.127 e. The molecule has 0 N–H and O–H groups in total. The van der Waals surface area contributed by atoms with Gasteiger partial charge in [-0.05, 0) is 47.2 Å². The Morgan fingerprint density at radius 3 is 2.10 bits per heavy atom. The lowest BCUT2D eigenvalue weighted by atomic mass is 9.98. The van der Waals surface area contributed by atoms with E-state index in [9.17, 15) is 4.39 Å². The van der Waals surface area contributed by atoms with Crippen molar-refractivity contribution < 1.29 is 4.39 Å². The summed E-state index contributed by atoms with van der Waals surface area (Å²) in [5.74, 6) is 0.173. The van der Waals surface area contributed by atoms with Crippen molar-refractivity contribution in [2.24, 2.45) is 0 Å². The fourth-order valence-corrected chi connectivity index (χ4v) is 2.74. The van der Waals surface area contributed by atoms with Gasteiger partial charge in [-0.15, -0.1) is 11.6 Å². The number of hydrogen-bond acceptors (Lipinski definition) is 0. The third kappa shape index (κ3) is 3.16. The minimum absolute atomic E-state index is 0.308. The van der Waals surface area contributed by atoms with Gasteiger partial charge in [0.1, 0.15) is 5.82 Å². The van der Waals surface area contributed by atoms with Gasteiger partial charge in [-0.2, -0.15) is 0 Å². The van der Waals surface area contributed by atoms with E-state index in [1.165, 1.54) is 11.6 Å². The highest BCUT2D eigenvalue weighted by molar-refractivity contribution is 6.33. The Labute approximate surface area is 129 Å². The van der Waals surface area contributed by atoms with Crippen LogP contribution in [0.1, 0.15) is 47.4 Å². The third-order valence-corrected chi connectivity index (χ3v) is 4.26. The van der Waals surface area contributed by atoms with Gasteiger partial charge in [0.05, 0.1) is 5.38 Å². The molecule has 0 heterocycles. The molecule has 106 valence electrons. The summed E-state index contributed by atoms with van der Waals surface area (Å²) >= 11 is 12.6. The lowest BCUT2D eigenvalue weighted by Crippen LogP contribution is -1.98. The number of benzene rings is 2. The molecule has 3 heteroatoms. The molecule has 2 rings (SSSR count). The van der Waals surface area contributed by atoms with Crippen molar-refractivity contribution >= 4 is 23.2 Å². The quantitative estimate of drug-likeness (QED) is 0.589. The third-order valence-electron chi connectivity index (χ3n) is 3.45. The zero-order valence-corrected chi connectivity index (χ0v) is 13.3. The highest BCUT2D eigenvalue weighted by Gasteiger charge is 2.16. The van der Waals surface area contributed by atoms with Gasteiger partial charge in [-0.1, -0.05) is 49.7 Å². The molecule has 20 heavy (non-hydrogen) atoms. The van der Waals surface area contributed by atoms with E-state index in [-0.39, 0.29) is 11.2 Å². The molecule has 0 saturated carbocycles. The number of aryl methyl sites for hydroxylation is 1. The smallest absolute Gasteiger partial charge is 0.127 e. The summed E-state index contributed by atoms with van der Waals surface area (Å²) in [6.45, 7) is 6.00. The van der Waals surface area contributed by atoms with Gasteiger partial charge in [0.25, 0.3) is 0 Å². The molecule has 0 spiro atoms. The Hall–Kier alpha value is -1.05. The predicted molar refractivity (Wildman–Crippen MR) is 84.4 cm³/mol. The molecule has 0 aliphatic carbocycles. The van der Waals surface area contributed by atoms with Crippen LogP contribution in [0.4, 0.5) is 4.39 Å². The molecule has 0 bridgehead atoms. The van der Waals surface area contributed by atoms with Crippen molar-refractivity contribution in [3.05, 3.63) is 69.5 Å². The topological polar surface area (TPSA) is 0 Å². The number of alkyl halides is 1. The molecule has 0 saturated heterocycles. The van der Waals surface area contributed by atoms with E-state index in [1.54, 1.807) is 13.0 Å². The van der Waals surface area contributed by atoms with Crippen molar-refractivity contribution in [3.8, 4) is 0 Å². The molecule has 0 aliphatic heterocycles. The summed E-state index contributed by atoms with van der Waals surface area (Å²) < 4.78 is 13.4. The van der Waals surface area contributed by atoms with Crippen LogP contribution in [0.3, 0.4) is 0 Å². The standard InChI is InChI=1S/C17H17Cl2F/c1-10(2)12-4-6-13(7-5-12)17(19)14-8-11(3)16(20)9-15(14)18/h4-10,17H,1-3H3. The fraction of sp³-hybridized carbons (Fsp3) is 0.294. The van der Waals surface area contributed by atoms with Gasteiger partial charge < -0.3 is 0 Å². The van der Waals surface area contributed by atoms with E-state index in [0.717, 1.165) is 11.1 Å². The normalized spacial score (nSPS) is 12.8. The average Bonchev–Trinajstić information content (AvgIpc) is 2.42. The van der Waals surface area contributed by atoms with E-state index < -0.39 is 0 Å². The van der Waals surface area contributed by atoms with Gasteiger partial charge in [-0.25, -0.2) is 4.39 Å². The van der Waals surface area contributed by atoms with E-state index in [1.807, 2.05) is 12.1 Å². The van der Waals surface area contributed by atoms with Crippen molar-refractivity contribution in [1.82, 2.24) is 0 Å². The summed E-state index contributed by atoms with van der Waals surface area (Å²) in [4.78, 5) is 0. The molecule has 0 aromatic heterocycles. The molecule has 1 atom stereocenters. The first-order valence-electron chi connectivity index (χ1n) is 6.59. The molecule has 0 amide bonds. The Balaban J connectivity index is 2.36. The van der Waals surface area contributed by atoms with Crippen LogP contribution >= 0.6 is 23.2 Å². The van der Waals surface area contributed by atoms with Gasteiger partial charge in [0.2, 0.25) is 0 Å². The van der Waals surface area contributed by atoms with Gasteiger partial charge in [-0.3, -0.25) is 0 Å². The second-order valence-electron chi connectivity index (χ2n) is 5.31. The summed E-state index contributed by atoms with van der Waals surface area (Å²) in [5.41, 5.74) is 3.52. The molecular formula is C17H17Cl2F. The SMILES string of the molecule is Cc1cc(C(Cl)c2ccc(C(C)C)cc2)c(Cl)cc1F. The van der Waals surface area contributed by atoms with Gasteiger partial charge in [0.15, 0.2) is 0 Å².